The molecule has 1 saturated heterocycles. The minimum atomic E-state index is -4.72. The van der Waals surface area contributed by atoms with E-state index in [-0.39, 0.29) is 18.1 Å². The summed E-state index contributed by atoms with van der Waals surface area (Å²) in [4.78, 5) is 33.7. The van der Waals surface area contributed by atoms with Crippen LogP contribution in [0.25, 0.3) is 0 Å². The highest BCUT2D eigenvalue weighted by atomic mass is 19.4. The lowest BCUT2D eigenvalue weighted by Crippen LogP contribution is -2.48. The predicted octanol–water partition coefficient (Wildman–Crippen LogP) is 2.73. The summed E-state index contributed by atoms with van der Waals surface area (Å²) in [5, 5.41) is 2.78. The first-order valence-corrected chi connectivity index (χ1v) is 9.08. The van der Waals surface area contributed by atoms with Crippen LogP contribution in [0.4, 0.5) is 30.5 Å². The summed E-state index contributed by atoms with van der Waals surface area (Å²) >= 11 is 0. The molecule has 2 heterocycles. The third-order valence-corrected chi connectivity index (χ3v) is 4.76. The number of alkyl halides is 3. The maximum absolute atomic E-state index is 12.9. The minimum Gasteiger partial charge on any atom is -0.494 e. The maximum atomic E-state index is 12.9. The van der Waals surface area contributed by atoms with E-state index in [0.717, 1.165) is 5.69 Å². The molecular formula is C19H20F3N5O3. The fraction of sp³-hybridized carbons (Fsp3) is 0.368. The number of aromatic nitrogens is 2. The van der Waals surface area contributed by atoms with Gasteiger partial charge in [-0.1, -0.05) is 0 Å². The average Bonchev–Trinajstić information content (AvgIpc) is 2.73. The van der Waals surface area contributed by atoms with Crippen molar-refractivity contribution in [2.45, 2.75) is 13.1 Å². The van der Waals surface area contributed by atoms with Crippen molar-refractivity contribution in [2.75, 3.05) is 43.5 Å². The summed E-state index contributed by atoms with van der Waals surface area (Å²) in [5.74, 6) is 0.307. The summed E-state index contributed by atoms with van der Waals surface area (Å²) in [6.45, 7) is 4.11. The number of hydrogen-bond donors (Lipinski definition) is 1. The highest BCUT2D eigenvalue weighted by molar-refractivity contribution is 5.76. The second kappa shape index (κ2) is 8.56. The van der Waals surface area contributed by atoms with E-state index in [2.05, 4.69) is 20.2 Å². The van der Waals surface area contributed by atoms with Crippen LogP contribution in [-0.2, 0) is 11.0 Å². The Balaban J connectivity index is 1.79. The van der Waals surface area contributed by atoms with Crippen LogP contribution in [0.1, 0.15) is 23.0 Å². The topological polar surface area (TPSA) is 87.7 Å². The number of benzene rings is 1. The van der Waals surface area contributed by atoms with Crippen molar-refractivity contribution in [2.24, 2.45) is 0 Å². The number of hydrogen-bond acceptors (Lipinski definition) is 7. The van der Waals surface area contributed by atoms with Gasteiger partial charge >= 0.3 is 6.18 Å². The van der Waals surface area contributed by atoms with Crippen molar-refractivity contribution < 1.29 is 27.5 Å². The van der Waals surface area contributed by atoms with Crippen molar-refractivity contribution >= 4 is 29.5 Å². The molecule has 160 valence electrons. The van der Waals surface area contributed by atoms with Gasteiger partial charge in [0.05, 0.1) is 12.8 Å². The highest BCUT2D eigenvalue weighted by Crippen LogP contribution is 2.33. The molecule has 1 aromatic heterocycles. The van der Waals surface area contributed by atoms with Crippen molar-refractivity contribution in [3.63, 3.8) is 0 Å². The molecule has 8 nitrogen and oxygen atoms in total. The minimum absolute atomic E-state index is 0.0384. The van der Waals surface area contributed by atoms with Crippen molar-refractivity contribution in [1.82, 2.24) is 14.9 Å². The highest BCUT2D eigenvalue weighted by Gasteiger charge is 2.35. The lowest BCUT2D eigenvalue weighted by Gasteiger charge is -2.35. The largest absolute Gasteiger partial charge is 0.494 e. The number of amides is 1. The normalized spacial score (nSPS) is 14.4. The molecule has 30 heavy (non-hydrogen) atoms. The molecule has 1 amide bonds. The first kappa shape index (κ1) is 21.3. The summed E-state index contributed by atoms with van der Waals surface area (Å²) in [7, 11) is 1.46. The Hall–Kier alpha value is -3.37. The fourth-order valence-electron chi connectivity index (χ4n) is 3.14. The molecule has 0 unspecified atom stereocenters. The van der Waals surface area contributed by atoms with Gasteiger partial charge in [-0.2, -0.15) is 13.2 Å². The molecule has 11 heteroatoms. The number of carbonyl (C=O) groups is 2. The maximum Gasteiger partial charge on any atom is 0.420 e. The number of piperazine rings is 1. The number of rotatable bonds is 5. The van der Waals surface area contributed by atoms with E-state index < -0.39 is 17.4 Å². The second-order valence-corrected chi connectivity index (χ2v) is 6.61. The van der Waals surface area contributed by atoms with Crippen LogP contribution in [0.5, 0.6) is 5.75 Å². The van der Waals surface area contributed by atoms with Gasteiger partial charge in [-0.05, 0) is 12.1 Å². The zero-order valence-corrected chi connectivity index (χ0v) is 16.4. The number of carbonyl (C=O) groups excluding carboxylic acids is 2. The van der Waals surface area contributed by atoms with Gasteiger partial charge in [0.25, 0.3) is 0 Å². The SMILES string of the molecule is COc1cc(N2CCN(C(C)=O)CC2)ccc1Nc1ncc(C(F)(F)F)c(C=O)n1. The number of anilines is 3. The lowest BCUT2D eigenvalue weighted by atomic mass is 10.2. The molecule has 0 spiro atoms. The van der Waals surface area contributed by atoms with Gasteiger partial charge < -0.3 is 19.9 Å². The Labute approximate surface area is 170 Å². The quantitative estimate of drug-likeness (QED) is 0.740. The number of halogens is 3. The summed E-state index contributed by atoms with van der Waals surface area (Å²) < 4.78 is 44.1. The summed E-state index contributed by atoms with van der Waals surface area (Å²) in [6, 6.07) is 5.28. The van der Waals surface area contributed by atoms with Gasteiger partial charge in [-0.3, -0.25) is 9.59 Å². The molecule has 3 rings (SSSR count). The Bertz CT molecular complexity index is 943. The van der Waals surface area contributed by atoms with E-state index in [1.54, 1.807) is 24.0 Å². The van der Waals surface area contributed by atoms with Crippen LogP contribution in [0.2, 0.25) is 0 Å². The Kier molecular flexibility index (Phi) is 6.09. The molecule has 0 saturated carbocycles. The van der Waals surface area contributed by atoms with Gasteiger partial charge in [0.2, 0.25) is 11.9 Å². The van der Waals surface area contributed by atoms with Crippen LogP contribution in [0.3, 0.4) is 0 Å². The Morgan fingerprint density at radius 3 is 2.50 bits per heavy atom. The number of nitrogens with one attached hydrogen (secondary N) is 1. The predicted molar refractivity (Wildman–Crippen MR) is 103 cm³/mol. The van der Waals surface area contributed by atoms with Gasteiger partial charge in [-0.15, -0.1) is 0 Å². The van der Waals surface area contributed by atoms with E-state index in [1.165, 1.54) is 7.11 Å². The third-order valence-electron chi connectivity index (χ3n) is 4.76. The van der Waals surface area contributed by atoms with Crippen molar-refractivity contribution in [1.29, 1.82) is 0 Å². The third kappa shape index (κ3) is 4.61. The molecule has 0 aliphatic carbocycles. The zero-order chi connectivity index (χ0) is 21.9. The molecule has 1 fully saturated rings. The molecular weight excluding hydrogens is 403 g/mol. The van der Waals surface area contributed by atoms with Gasteiger partial charge in [-0.25, -0.2) is 9.97 Å². The summed E-state index contributed by atoms with van der Waals surface area (Å²) in [6.07, 6.45) is -4.12. The van der Waals surface area contributed by atoms with E-state index >= 15 is 0 Å². The van der Waals surface area contributed by atoms with E-state index in [4.69, 9.17) is 4.74 Å². The number of ether oxygens (including phenoxy) is 1. The lowest BCUT2D eigenvalue weighted by molar-refractivity contribution is -0.138. The van der Waals surface area contributed by atoms with Crippen LogP contribution in [-0.4, -0.2) is 60.4 Å². The van der Waals surface area contributed by atoms with Crippen molar-refractivity contribution in [3.8, 4) is 5.75 Å². The fourth-order valence-corrected chi connectivity index (χ4v) is 3.14. The van der Waals surface area contributed by atoms with E-state index in [9.17, 15) is 22.8 Å². The van der Waals surface area contributed by atoms with Crippen LogP contribution < -0.4 is 15.0 Å². The van der Waals surface area contributed by atoms with Gasteiger partial charge in [0.1, 0.15) is 17.0 Å². The number of nitrogens with zero attached hydrogens (tertiary/aromatic N) is 4. The second-order valence-electron chi connectivity index (χ2n) is 6.61. The standard InChI is InChI=1S/C19H20F3N5O3/c1-12(29)26-5-7-27(8-6-26)13-3-4-15(17(9-13)30-2)24-18-23-10-14(19(20,21)22)16(11-28)25-18/h3-4,9-11H,5-8H2,1-2H3,(H,23,24,25). The van der Waals surface area contributed by atoms with Crippen LogP contribution in [0.15, 0.2) is 24.4 Å². The van der Waals surface area contributed by atoms with Gasteiger partial charge in [0, 0.05) is 51.1 Å². The molecule has 1 aliphatic rings. The monoisotopic (exact) mass is 423 g/mol. The first-order chi connectivity index (χ1) is 14.2. The molecule has 1 N–H and O–H groups in total. The van der Waals surface area contributed by atoms with Gasteiger partial charge in [0.15, 0.2) is 6.29 Å². The Morgan fingerprint density at radius 1 is 1.23 bits per heavy atom. The van der Waals surface area contributed by atoms with Crippen LogP contribution >= 0.6 is 0 Å². The first-order valence-electron chi connectivity index (χ1n) is 9.08. The van der Waals surface area contributed by atoms with Crippen LogP contribution in [0, 0.1) is 0 Å². The molecule has 1 aromatic carbocycles. The molecule has 0 radical (unpaired) electrons. The molecule has 2 aromatic rings. The molecule has 0 bridgehead atoms. The Morgan fingerprint density at radius 2 is 1.93 bits per heavy atom. The zero-order valence-electron chi connectivity index (χ0n) is 16.4. The van der Waals surface area contributed by atoms with E-state index in [0.29, 0.717) is 43.8 Å². The number of methoxy groups -OCH3 is 1. The average molecular weight is 423 g/mol. The molecule has 0 atom stereocenters. The molecule has 1 aliphatic heterocycles. The summed E-state index contributed by atoms with van der Waals surface area (Å²) in [5.41, 5.74) is -0.642. The number of aldehydes is 1. The van der Waals surface area contributed by atoms with E-state index in [1.807, 2.05) is 6.07 Å². The van der Waals surface area contributed by atoms with Crippen molar-refractivity contribution in [3.05, 3.63) is 35.7 Å². The smallest absolute Gasteiger partial charge is 0.420 e.